The van der Waals surface area contributed by atoms with Crippen LogP contribution in [0.5, 0.6) is 0 Å². The van der Waals surface area contributed by atoms with Crippen molar-refractivity contribution >= 4 is 11.9 Å². The van der Waals surface area contributed by atoms with Crippen molar-refractivity contribution in [2.75, 3.05) is 13.7 Å². The Bertz CT molecular complexity index is 1050. The first-order valence-corrected chi connectivity index (χ1v) is 10.6. The van der Waals surface area contributed by atoms with E-state index in [9.17, 15) is 14.7 Å². The van der Waals surface area contributed by atoms with E-state index in [0.717, 1.165) is 5.69 Å². The molecule has 0 spiro atoms. The predicted molar refractivity (Wildman–Crippen MR) is 121 cm³/mol. The average Bonchev–Trinajstić information content (AvgIpc) is 3.28. The van der Waals surface area contributed by atoms with Gasteiger partial charge in [0.2, 0.25) is 0 Å². The summed E-state index contributed by atoms with van der Waals surface area (Å²) in [6.45, 7) is 7.53. The summed E-state index contributed by atoms with van der Waals surface area (Å²) in [5.41, 5.74) is 3.06. The maximum atomic E-state index is 13.2. The van der Waals surface area contributed by atoms with Crippen LogP contribution in [-0.4, -0.2) is 41.4 Å². The summed E-state index contributed by atoms with van der Waals surface area (Å²) < 4.78 is 12.9. The summed E-state index contributed by atoms with van der Waals surface area (Å²) in [5, 5.41) is 13.1. The van der Waals surface area contributed by atoms with Crippen molar-refractivity contribution in [2.24, 2.45) is 5.92 Å². The topological polar surface area (TPSA) is 89.8 Å². The van der Waals surface area contributed by atoms with Gasteiger partial charge < -0.3 is 24.5 Å². The number of rotatable bonds is 8. The second kappa shape index (κ2) is 9.87. The Hall–Kier alpha value is -3.32. The fourth-order valence-corrected chi connectivity index (χ4v) is 4.02. The number of benzene rings is 1. The maximum absolute atomic E-state index is 13.2. The highest BCUT2D eigenvalue weighted by atomic mass is 16.6. The lowest BCUT2D eigenvalue weighted by Crippen LogP contribution is -2.33. The number of esters is 1. The normalized spacial score (nSPS) is 17.4. The van der Waals surface area contributed by atoms with Crippen molar-refractivity contribution in [3.8, 4) is 5.69 Å². The average molecular weight is 439 g/mol. The second-order valence-electron chi connectivity index (χ2n) is 8.24. The van der Waals surface area contributed by atoms with Gasteiger partial charge in [0.1, 0.15) is 6.61 Å². The number of nitrogens with one attached hydrogen (secondary N) is 1. The molecule has 0 fully saturated rings. The van der Waals surface area contributed by atoms with E-state index in [-0.39, 0.29) is 29.8 Å². The highest BCUT2D eigenvalue weighted by Gasteiger charge is 2.37. The van der Waals surface area contributed by atoms with Crippen molar-refractivity contribution in [3.05, 3.63) is 76.9 Å². The van der Waals surface area contributed by atoms with Gasteiger partial charge in [-0.15, -0.1) is 0 Å². The molecule has 0 saturated carbocycles. The molecule has 2 atom stereocenters. The zero-order chi connectivity index (χ0) is 23.4. The lowest BCUT2D eigenvalue weighted by Gasteiger charge is -2.30. The molecule has 7 heteroatoms. The van der Waals surface area contributed by atoms with Crippen LogP contribution in [0.4, 0.5) is 0 Å². The Balaban J connectivity index is 2.03. The fourth-order valence-electron chi connectivity index (χ4n) is 4.02. The number of dihydropyridines is 1. The van der Waals surface area contributed by atoms with E-state index in [1.165, 1.54) is 0 Å². The van der Waals surface area contributed by atoms with Crippen LogP contribution in [0, 0.1) is 5.92 Å². The van der Waals surface area contributed by atoms with Crippen LogP contribution in [0.2, 0.25) is 0 Å². The first kappa shape index (κ1) is 23.3. The van der Waals surface area contributed by atoms with Gasteiger partial charge in [-0.3, -0.25) is 0 Å². The number of carbonyl (C=O) groups excluding carboxylic acids is 1. The SMILES string of the molecule is COC(COC(=O)C1=C(C)NC(C)=C(C(=O)O)C1c1cccc(-n2cccc2)c1)C(C)C. The van der Waals surface area contributed by atoms with Crippen LogP contribution >= 0.6 is 0 Å². The van der Waals surface area contributed by atoms with Gasteiger partial charge in [0.15, 0.2) is 0 Å². The number of carbonyl (C=O) groups is 2. The number of ether oxygens (including phenoxy) is 2. The molecule has 1 aromatic carbocycles. The van der Waals surface area contributed by atoms with Gasteiger partial charge in [-0.25, -0.2) is 9.59 Å². The summed E-state index contributed by atoms with van der Waals surface area (Å²) >= 11 is 0. The van der Waals surface area contributed by atoms with Gasteiger partial charge in [-0.2, -0.15) is 0 Å². The van der Waals surface area contributed by atoms with Crippen LogP contribution in [-0.2, 0) is 19.1 Å². The Morgan fingerprint density at radius 3 is 2.34 bits per heavy atom. The molecule has 2 heterocycles. The van der Waals surface area contributed by atoms with Crippen LogP contribution in [0.1, 0.15) is 39.2 Å². The van der Waals surface area contributed by atoms with Crippen molar-refractivity contribution in [1.82, 2.24) is 9.88 Å². The number of methoxy groups -OCH3 is 1. The number of aliphatic carboxylic acids is 1. The first-order valence-electron chi connectivity index (χ1n) is 10.6. The van der Waals surface area contributed by atoms with Crippen molar-refractivity contribution < 1.29 is 24.2 Å². The number of carboxylic acid groups (broad SMARTS) is 1. The third-order valence-corrected chi connectivity index (χ3v) is 5.74. The third kappa shape index (κ3) is 4.78. The van der Waals surface area contributed by atoms with Crippen molar-refractivity contribution in [1.29, 1.82) is 0 Å². The first-order chi connectivity index (χ1) is 15.2. The minimum absolute atomic E-state index is 0.0883. The molecule has 1 aliphatic rings. The van der Waals surface area contributed by atoms with Crippen LogP contribution < -0.4 is 5.32 Å². The van der Waals surface area contributed by atoms with Crippen LogP contribution in [0.15, 0.2) is 71.3 Å². The molecule has 0 radical (unpaired) electrons. The summed E-state index contributed by atoms with van der Waals surface area (Å²) in [6.07, 6.45) is 3.57. The zero-order valence-corrected chi connectivity index (χ0v) is 19.1. The molecule has 0 aliphatic carbocycles. The second-order valence-corrected chi connectivity index (χ2v) is 8.24. The standard InChI is InChI=1S/C25H30N2O5/c1-15(2)20(31-5)14-32-25(30)22-17(4)26-16(3)21(24(28)29)23(22)18-9-8-10-19(13-18)27-11-6-7-12-27/h6-13,15,20,23,26H,14H2,1-5H3,(H,28,29). The van der Waals surface area contributed by atoms with Crippen molar-refractivity contribution in [3.63, 3.8) is 0 Å². The summed E-state index contributed by atoms with van der Waals surface area (Å²) in [7, 11) is 1.58. The smallest absolute Gasteiger partial charge is 0.336 e. The van der Waals surface area contributed by atoms with Gasteiger partial charge in [0, 0.05) is 36.6 Å². The van der Waals surface area contributed by atoms with E-state index in [1.807, 2.05) is 67.2 Å². The molecular weight excluding hydrogens is 408 g/mol. The largest absolute Gasteiger partial charge is 0.478 e. The highest BCUT2D eigenvalue weighted by molar-refractivity contribution is 5.99. The molecule has 0 saturated heterocycles. The van der Waals surface area contributed by atoms with E-state index < -0.39 is 17.9 Å². The van der Waals surface area contributed by atoms with Gasteiger partial charge in [0.25, 0.3) is 0 Å². The van der Waals surface area contributed by atoms with E-state index in [2.05, 4.69) is 5.32 Å². The van der Waals surface area contributed by atoms with Crippen molar-refractivity contribution in [2.45, 2.75) is 39.7 Å². The summed E-state index contributed by atoms with van der Waals surface area (Å²) in [6, 6.07) is 11.4. The number of nitrogens with zero attached hydrogens (tertiary/aromatic N) is 1. The fraction of sp³-hybridized carbons (Fsp3) is 0.360. The molecule has 2 aromatic rings. The highest BCUT2D eigenvalue weighted by Crippen LogP contribution is 2.39. The zero-order valence-electron chi connectivity index (χ0n) is 19.1. The number of carboxylic acids is 1. The van der Waals surface area contributed by atoms with Gasteiger partial charge in [-0.1, -0.05) is 26.0 Å². The predicted octanol–water partition coefficient (Wildman–Crippen LogP) is 4.01. The maximum Gasteiger partial charge on any atom is 0.336 e. The molecule has 1 aromatic heterocycles. The van der Waals surface area contributed by atoms with Crippen LogP contribution in [0.25, 0.3) is 5.69 Å². The Labute approximate surface area is 188 Å². The van der Waals surface area contributed by atoms with E-state index in [1.54, 1.807) is 21.0 Å². The number of aromatic nitrogens is 1. The molecule has 7 nitrogen and oxygen atoms in total. The van der Waals surface area contributed by atoms with E-state index >= 15 is 0 Å². The van der Waals surface area contributed by atoms with Gasteiger partial charge >= 0.3 is 11.9 Å². The molecule has 3 rings (SSSR count). The molecular formula is C25H30N2O5. The van der Waals surface area contributed by atoms with Gasteiger partial charge in [0.05, 0.1) is 23.2 Å². The molecule has 0 bridgehead atoms. The Morgan fingerprint density at radius 1 is 1.09 bits per heavy atom. The van der Waals surface area contributed by atoms with Crippen LogP contribution in [0.3, 0.4) is 0 Å². The molecule has 2 N–H and O–H groups in total. The number of hydrogen-bond acceptors (Lipinski definition) is 5. The monoisotopic (exact) mass is 438 g/mol. The molecule has 32 heavy (non-hydrogen) atoms. The molecule has 0 amide bonds. The lowest BCUT2D eigenvalue weighted by molar-refractivity contribution is -0.144. The minimum atomic E-state index is -1.08. The molecule has 170 valence electrons. The van der Waals surface area contributed by atoms with E-state index in [0.29, 0.717) is 17.0 Å². The number of hydrogen-bond donors (Lipinski definition) is 2. The van der Waals surface area contributed by atoms with E-state index in [4.69, 9.17) is 9.47 Å². The minimum Gasteiger partial charge on any atom is -0.478 e. The van der Waals surface area contributed by atoms with Gasteiger partial charge in [-0.05, 0) is 49.6 Å². The lowest BCUT2D eigenvalue weighted by atomic mass is 9.80. The molecule has 2 unspecified atom stereocenters. The Morgan fingerprint density at radius 2 is 1.75 bits per heavy atom. The quantitative estimate of drug-likeness (QED) is 0.606. The molecule has 1 aliphatic heterocycles. The number of allylic oxidation sites excluding steroid dienone is 2. The summed E-state index contributed by atoms with van der Waals surface area (Å²) in [4.78, 5) is 25.5. The third-order valence-electron chi connectivity index (χ3n) is 5.74. The Kier molecular flexibility index (Phi) is 7.20. The summed E-state index contributed by atoms with van der Waals surface area (Å²) in [5.74, 6) is -2.24.